The maximum atomic E-state index is 4.54. The van der Waals surface area contributed by atoms with E-state index in [0.29, 0.717) is 6.04 Å². The van der Waals surface area contributed by atoms with Gasteiger partial charge in [-0.15, -0.1) is 0 Å². The average molecular weight is 290 g/mol. The van der Waals surface area contributed by atoms with Crippen LogP contribution in [0, 0.1) is 0 Å². The predicted molar refractivity (Wildman–Crippen MR) is 86.7 cm³/mol. The minimum Gasteiger partial charge on any atom is -0.370 e. The molecule has 0 aliphatic heterocycles. The molecule has 0 bridgehead atoms. The third-order valence-electron chi connectivity index (χ3n) is 2.96. The molecule has 1 unspecified atom stereocenters. The van der Waals surface area contributed by atoms with Crippen LogP contribution in [-0.4, -0.2) is 22.6 Å². The number of aryl methyl sites for hydroxylation is 1. The number of nitrogens with zero attached hydrogens (tertiary/aromatic N) is 2. The Bertz CT molecular complexity index is 525. The summed E-state index contributed by atoms with van der Waals surface area (Å²) in [5.74, 6) is 2.66. The molecule has 0 spiro atoms. The number of thiophene rings is 1. The Morgan fingerprint density at radius 2 is 2.05 bits per heavy atom. The highest BCUT2D eigenvalue weighted by molar-refractivity contribution is 7.07. The van der Waals surface area contributed by atoms with Crippen LogP contribution in [0.3, 0.4) is 0 Å². The normalized spacial score (nSPS) is 12.2. The first kappa shape index (κ1) is 14.8. The maximum Gasteiger partial charge on any atom is 0.132 e. The smallest absolute Gasteiger partial charge is 0.132 e. The van der Waals surface area contributed by atoms with Crippen LogP contribution in [-0.2, 0) is 12.8 Å². The van der Waals surface area contributed by atoms with Crippen LogP contribution in [0.5, 0.6) is 0 Å². The molecule has 0 saturated heterocycles. The van der Waals surface area contributed by atoms with Crippen molar-refractivity contribution in [3.8, 4) is 0 Å². The van der Waals surface area contributed by atoms with Gasteiger partial charge in [0.2, 0.25) is 0 Å². The van der Waals surface area contributed by atoms with Gasteiger partial charge in [-0.2, -0.15) is 11.3 Å². The molecule has 0 aliphatic rings. The summed E-state index contributed by atoms with van der Waals surface area (Å²) in [6.45, 7) is 7.19. The number of hydrogen-bond donors (Lipinski definition) is 2. The highest BCUT2D eigenvalue weighted by atomic mass is 32.1. The molecule has 0 amide bonds. The molecule has 0 fully saturated rings. The van der Waals surface area contributed by atoms with Crippen molar-refractivity contribution in [2.24, 2.45) is 0 Å². The van der Waals surface area contributed by atoms with Crippen molar-refractivity contribution in [3.63, 3.8) is 0 Å². The molecule has 2 aromatic heterocycles. The van der Waals surface area contributed by atoms with Gasteiger partial charge in [-0.25, -0.2) is 9.97 Å². The van der Waals surface area contributed by atoms with E-state index < -0.39 is 0 Å². The molecule has 5 heteroatoms. The lowest BCUT2D eigenvalue weighted by Crippen LogP contribution is -2.19. The lowest BCUT2D eigenvalue weighted by molar-refractivity contribution is 0.782. The molecule has 108 valence electrons. The molecule has 2 rings (SSSR count). The molecule has 2 heterocycles. The summed E-state index contributed by atoms with van der Waals surface area (Å²) >= 11 is 1.74. The number of anilines is 2. The Morgan fingerprint density at radius 1 is 1.25 bits per heavy atom. The van der Waals surface area contributed by atoms with Gasteiger partial charge in [0, 0.05) is 25.1 Å². The van der Waals surface area contributed by atoms with Crippen molar-refractivity contribution in [1.82, 2.24) is 9.97 Å². The minimum atomic E-state index is 0.346. The third kappa shape index (κ3) is 4.20. The zero-order chi connectivity index (χ0) is 14.4. The van der Waals surface area contributed by atoms with Crippen molar-refractivity contribution in [2.75, 3.05) is 17.2 Å². The van der Waals surface area contributed by atoms with Crippen molar-refractivity contribution in [3.05, 3.63) is 34.3 Å². The zero-order valence-electron chi connectivity index (χ0n) is 12.3. The summed E-state index contributed by atoms with van der Waals surface area (Å²) in [4.78, 5) is 9.01. The van der Waals surface area contributed by atoms with E-state index in [1.165, 1.54) is 5.56 Å². The summed E-state index contributed by atoms with van der Waals surface area (Å²) in [5.41, 5.74) is 1.37. The second-order valence-electron chi connectivity index (χ2n) is 4.82. The van der Waals surface area contributed by atoms with Gasteiger partial charge in [0.1, 0.15) is 17.5 Å². The van der Waals surface area contributed by atoms with E-state index in [1.54, 1.807) is 11.3 Å². The van der Waals surface area contributed by atoms with Gasteiger partial charge < -0.3 is 10.6 Å². The molecule has 0 aliphatic carbocycles. The standard InChI is InChI=1S/C15H22N4S/c1-4-13-18-14(16-5-2)9-15(19-13)17-11(3)8-12-6-7-20-10-12/h6-7,9-11H,4-5,8H2,1-3H3,(H2,16,17,18,19). The fourth-order valence-electron chi connectivity index (χ4n) is 2.07. The van der Waals surface area contributed by atoms with Gasteiger partial charge in [0.25, 0.3) is 0 Å². The summed E-state index contributed by atoms with van der Waals surface area (Å²) in [7, 11) is 0. The van der Waals surface area contributed by atoms with Gasteiger partial charge in [0.05, 0.1) is 0 Å². The van der Waals surface area contributed by atoms with Crippen LogP contribution >= 0.6 is 11.3 Å². The minimum absolute atomic E-state index is 0.346. The number of nitrogens with one attached hydrogen (secondary N) is 2. The second-order valence-corrected chi connectivity index (χ2v) is 5.60. The fourth-order valence-corrected chi connectivity index (χ4v) is 2.75. The van der Waals surface area contributed by atoms with Crippen LogP contribution in [0.2, 0.25) is 0 Å². The first-order valence-electron chi connectivity index (χ1n) is 7.10. The highest BCUT2D eigenvalue weighted by Crippen LogP contribution is 2.15. The predicted octanol–water partition coefficient (Wildman–Crippen LogP) is 3.58. The monoisotopic (exact) mass is 290 g/mol. The van der Waals surface area contributed by atoms with E-state index in [2.05, 4.69) is 58.2 Å². The quantitative estimate of drug-likeness (QED) is 0.818. The molecule has 2 N–H and O–H groups in total. The van der Waals surface area contributed by atoms with Crippen molar-refractivity contribution >= 4 is 23.0 Å². The largest absolute Gasteiger partial charge is 0.370 e. The van der Waals surface area contributed by atoms with Crippen molar-refractivity contribution in [1.29, 1.82) is 0 Å². The molecular formula is C15H22N4S. The maximum absolute atomic E-state index is 4.54. The Balaban J connectivity index is 2.05. The molecule has 0 radical (unpaired) electrons. The molecular weight excluding hydrogens is 268 g/mol. The van der Waals surface area contributed by atoms with Crippen molar-refractivity contribution < 1.29 is 0 Å². The van der Waals surface area contributed by atoms with Crippen LogP contribution in [0.1, 0.15) is 32.2 Å². The molecule has 2 aromatic rings. The van der Waals surface area contributed by atoms with E-state index in [1.807, 2.05) is 6.07 Å². The summed E-state index contributed by atoms with van der Waals surface area (Å²) < 4.78 is 0. The molecule has 0 aromatic carbocycles. The lowest BCUT2D eigenvalue weighted by Gasteiger charge is -2.15. The fraction of sp³-hybridized carbons (Fsp3) is 0.467. The molecule has 1 atom stereocenters. The van der Waals surface area contributed by atoms with Gasteiger partial charge in [0.15, 0.2) is 0 Å². The second kappa shape index (κ2) is 7.24. The van der Waals surface area contributed by atoms with E-state index in [0.717, 1.165) is 36.8 Å². The Morgan fingerprint density at radius 3 is 2.70 bits per heavy atom. The third-order valence-corrected chi connectivity index (χ3v) is 3.69. The summed E-state index contributed by atoms with van der Waals surface area (Å²) in [6.07, 6.45) is 1.85. The topological polar surface area (TPSA) is 49.8 Å². The molecule has 0 saturated carbocycles. The van der Waals surface area contributed by atoms with E-state index in [9.17, 15) is 0 Å². The van der Waals surface area contributed by atoms with Gasteiger partial charge >= 0.3 is 0 Å². The van der Waals surface area contributed by atoms with Gasteiger partial charge in [-0.1, -0.05) is 6.92 Å². The van der Waals surface area contributed by atoms with Crippen LogP contribution in [0.25, 0.3) is 0 Å². The molecule has 20 heavy (non-hydrogen) atoms. The Hall–Kier alpha value is -1.62. The van der Waals surface area contributed by atoms with E-state index >= 15 is 0 Å². The SMILES string of the molecule is CCNc1cc(NC(C)Cc2ccsc2)nc(CC)n1. The molecule has 4 nitrogen and oxygen atoms in total. The zero-order valence-corrected chi connectivity index (χ0v) is 13.1. The van der Waals surface area contributed by atoms with Crippen molar-refractivity contribution in [2.45, 2.75) is 39.7 Å². The summed E-state index contributed by atoms with van der Waals surface area (Å²) in [6, 6.07) is 4.50. The lowest BCUT2D eigenvalue weighted by atomic mass is 10.1. The van der Waals surface area contributed by atoms with Gasteiger partial charge in [-0.3, -0.25) is 0 Å². The summed E-state index contributed by atoms with van der Waals surface area (Å²) in [5, 5.41) is 11.0. The number of aromatic nitrogens is 2. The number of rotatable bonds is 7. The van der Waals surface area contributed by atoms with Crippen LogP contribution in [0.15, 0.2) is 22.9 Å². The van der Waals surface area contributed by atoms with E-state index in [4.69, 9.17) is 0 Å². The highest BCUT2D eigenvalue weighted by Gasteiger charge is 2.08. The average Bonchev–Trinajstić information content (AvgIpc) is 2.91. The van der Waals surface area contributed by atoms with Crippen LogP contribution < -0.4 is 10.6 Å². The van der Waals surface area contributed by atoms with E-state index in [-0.39, 0.29) is 0 Å². The first-order chi connectivity index (χ1) is 9.71. The Labute approximate surface area is 124 Å². The Kier molecular flexibility index (Phi) is 5.35. The first-order valence-corrected chi connectivity index (χ1v) is 8.05. The van der Waals surface area contributed by atoms with Crippen LogP contribution in [0.4, 0.5) is 11.6 Å². The number of hydrogen-bond acceptors (Lipinski definition) is 5. The van der Waals surface area contributed by atoms with Gasteiger partial charge in [-0.05, 0) is 42.7 Å².